The van der Waals surface area contributed by atoms with Crippen LogP contribution in [0.4, 0.5) is 0 Å². The number of phenols is 1. The van der Waals surface area contributed by atoms with Gasteiger partial charge in [0.25, 0.3) is 5.56 Å². The van der Waals surface area contributed by atoms with Gasteiger partial charge in [-0.05, 0) is 31.2 Å². The lowest BCUT2D eigenvalue weighted by Crippen LogP contribution is -2.22. The number of aryl methyl sites for hydroxylation is 1. The Kier molecular flexibility index (Phi) is 2.95. The standard InChI is InChI=1S/C15H11ClN2O2/c1-9-17-13-5-3-2-4-11(13)15(20)18(9)14-7-6-10(19)8-12(14)16/h2-8,19H,1H3. The van der Waals surface area contributed by atoms with Crippen molar-refractivity contribution in [3.8, 4) is 11.4 Å². The first-order chi connectivity index (χ1) is 9.58. The summed E-state index contributed by atoms with van der Waals surface area (Å²) in [4.78, 5) is 17.0. The van der Waals surface area contributed by atoms with Crippen LogP contribution < -0.4 is 5.56 Å². The number of phenolic OH excluding ortho intramolecular Hbond substituents is 1. The number of halogens is 1. The molecule has 1 heterocycles. The molecule has 0 spiro atoms. The van der Waals surface area contributed by atoms with E-state index < -0.39 is 0 Å². The average molecular weight is 287 g/mol. The third kappa shape index (κ3) is 1.94. The first kappa shape index (κ1) is 12.7. The predicted octanol–water partition coefficient (Wildman–Crippen LogP) is 3.05. The molecule has 0 aliphatic heterocycles. The normalized spacial score (nSPS) is 10.9. The number of aromatic hydroxyl groups is 1. The minimum atomic E-state index is -0.180. The maximum atomic E-state index is 12.6. The van der Waals surface area contributed by atoms with Crippen LogP contribution in [-0.4, -0.2) is 14.7 Å². The summed E-state index contributed by atoms with van der Waals surface area (Å²) in [7, 11) is 0. The molecule has 0 radical (unpaired) electrons. The van der Waals surface area contributed by atoms with Crippen LogP contribution in [0.2, 0.25) is 5.02 Å². The van der Waals surface area contributed by atoms with Gasteiger partial charge in [-0.2, -0.15) is 0 Å². The van der Waals surface area contributed by atoms with Crippen LogP contribution in [0.15, 0.2) is 47.3 Å². The Morgan fingerprint density at radius 3 is 2.70 bits per heavy atom. The van der Waals surface area contributed by atoms with Crippen LogP contribution in [0.1, 0.15) is 5.82 Å². The summed E-state index contributed by atoms with van der Waals surface area (Å²) >= 11 is 6.11. The van der Waals surface area contributed by atoms with Gasteiger partial charge in [0.1, 0.15) is 11.6 Å². The highest BCUT2D eigenvalue weighted by atomic mass is 35.5. The first-order valence-electron chi connectivity index (χ1n) is 6.05. The van der Waals surface area contributed by atoms with Gasteiger partial charge in [-0.15, -0.1) is 0 Å². The zero-order valence-corrected chi connectivity index (χ0v) is 11.4. The van der Waals surface area contributed by atoms with E-state index in [1.165, 1.54) is 16.7 Å². The second kappa shape index (κ2) is 4.65. The summed E-state index contributed by atoms with van der Waals surface area (Å²) in [6, 6.07) is 11.7. The molecule has 1 aromatic heterocycles. The van der Waals surface area contributed by atoms with E-state index in [0.29, 0.717) is 27.4 Å². The average Bonchev–Trinajstić information content (AvgIpc) is 2.41. The minimum Gasteiger partial charge on any atom is -0.508 e. The fourth-order valence-electron chi connectivity index (χ4n) is 2.20. The van der Waals surface area contributed by atoms with Crippen molar-refractivity contribution in [1.29, 1.82) is 0 Å². The minimum absolute atomic E-state index is 0.0539. The molecular weight excluding hydrogens is 276 g/mol. The maximum absolute atomic E-state index is 12.6. The number of hydrogen-bond donors (Lipinski definition) is 1. The molecule has 0 bridgehead atoms. The summed E-state index contributed by atoms with van der Waals surface area (Å²) in [6.45, 7) is 1.75. The third-order valence-electron chi connectivity index (χ3n) is 3.12. The summed E-state index contributed by atoms with van der Waals surface area (Å²) in [5, 5.41) is 10.2. The number of aromatic nitrogens is 2. The van der Waals surface area contributed by atoms with Crippen LogP contribution in [0.5, 0.6) is 5.75 Å². The highest BCUT2D eigenvalue weighted by Gasteiger charge is 2.12. The van der Waals surface area contributed by atoms with Crippen molar-refractivity contribution < 1.29 is 5.11 Å². The number of hydrogen-bond acceptors (Lipinski definition) is 3. The topological polar surface area (TPSA) is 55.1 Å². The molecule has 0 amide bonds. The number of benzene rings is 2. The van der Waals surface area contributed by atoms with E-state index in [0.717, 1.165) is 0 Å². The van der Waals surface area contributed by atoms with Crippen molar-refractivity contribution in [3.05, 3.63) is 63.7 Å². The van der Waals surface area contributed by atoms with E-state index in [2.05, 4.69) is 4.98 Å². The van der Waals surface area contributed by atoms with E-state index in [4.69, 9.17) is 11.6 Å². The molecule has 4 nitrogen and oxygen atoms in total. The van der Waals surface area contributed by atoms with Gasteiger partial charge >= 0.3 is 0 Å². The Bertz CT molecular complexity index is 871. The molecule has 3 aromatic rings. The lowest BCUT2D eigenvalue weighted by Gasteiger charge is -2.12. The zero-order chi connectivity index (χ0) is 14.3. The van der Waals surface area contributed by atoms with Crippen LogP contribution >= 0.6 is 11.6 Å². The van der Waals surface area contributed by atoms with Gasteiger partial charge < -0.3 is 5.11 Å². The molecule has 0 fully saturated rings. The van der Waals surface area contributed by atoms with Gasteiger partial charge in [-0.25, -0.2) is 4.98 Å². The number of para-hydroxylation sites is 1. The molecule has 3 rings (SSSR count). The molecule has 0 saturated carbocycles. The molecule has 20 heavy (non-hydrogen) atoms. The quantitative estimate of drug-likeness (QED) is 0.748. The largest absolute Gasteiger partial charge is 0.508 e. The van der Waals surface area contributed by atoms with Gasteiger partial charge in [-0.1, -0.05) is 23.7 Å². The van der Waals surface area contributed by atoms with Crippen molar-refractivity contribution in [2.45, 2.75) is 6.92 Å². The van der Waals surface area contributed by atoms with Crippen molar-refractivity contribution in [2.24, 2.45) is 0 Å². The van der Waals surface area contributed by atoms with E-state index >= 15 is 0 Å². The number of nitrogens with zero attached hydrogens (tertiary/aromatic N) is 2. The summed E-state index contributed by atoms with van der Waals surface area (Å²) in [6.07, 6.45) is 0. The fraction of sp³-hybridized carbons (Fsp3) is 0.0667. The molecule has 5 heteroatoms. The second-order valence-electron chi connectivity index (χ2n) is 4.45. The van der Waals surface area contributed by atoms with Crippen LogP contribution in [-0.2, 0) is 0 Å². The van der Waals surface area contributed by atoms with Crippen LogP contribution in [0.25, 0.3) is 16.6 Å². The Morgan fingerprint density at radius 2 is 1.95 bits per heavy atom. The van der Waals surface area contributed by atoms with E-state index in [1.54, 1.807) is 31.2 Å². The van der Waals surface area contributed by atoms with Gasteiger partial charge in [0.05, 0.1) is 21.6 Å². The monoisotopic (exact) mass is 286 g/mol. The van der Waals surface area contributed by atoms with Crippen LogP contribution in [0.3, 0.4) is 0 Å². The molecule has 0 aliphatic carbocycles. The fourth-order valence-corrected chi connectivity index (χ4v) is 2.46. The van der Waals surface area contributed by atoms with E-state index in [9.17, 15) is 9.90 Å². The molecule has 100 valence electrons. The smallest absolute Gasteiger partial charge is 0.266 e. The number of fused-ring (bicyclic) bond motifs is 1. The van der Waals surface area contributed by atoms with Crippen molar-refractivity contribution in [1.82, 2.24) is 9.55 Å². The zero-order valence-electron chi connectivity index (χ0n) is 10.7. The molecule has 0 saturated heterocycles. The second-order valence-corrected chi connectivity index (χ2v) is 4.86. The Labute approximate surface area is 119 Å². The van der Waals surface area contributed by atoms with E-state index in [-0.39, 0.29) is 11.3 Å². The van der Waals surface area contributed by atoms with Gasteiger partial charge in [0.15, 0.2) is 0 Å². The Balaban J connectivity index is 2.39. The molecule has 1 N–H and O–H groups in total. The highest BCUT2D eigenvalue weighted by molar-refractivity contribution is 6.32. The Morgan fingerprint density at radius 1 is 1.20 bits per heavy atom. The number of rotatable bonds is 1. The van der Waals surface area contributed by atoms with Gasteiger partial charge in [-0.3, -0.25) is 9.36 Å². The van der Waals surface area contributed by atoms with E-state index in [1.807, 2.05) is 6.07 Å². The molecule has 0 atom stereocenters. The molecule has 2 aromatic carbocycles. The maximum Gasteiger partial charge on any atom is 0.266 e. The highest BCUT2D eigenvalue weighted by Crippen LogP contribution is 2.25. The van der Waals surface area contributed by atoms with Crippen LogP contribution in [0, 0.1) is 6.92 Å². The van der Waals surface area contributed by atoms with Crippen molar-refractivity contribution >= 4 is 22.5 Å². The van der Waals surface area contributed by atoms with Gasteiger partial charge in [0, 0.05) is 6.07 Å². The lowest BCUT2D eigenvalue weighted by atomic mass is 10.2. The summed E-state index contributed by atoms with van der Waals surface area (Å²) in [5.74, 6) is 0.597. The third-order valence-corrected chi connectivity index (χ3v) is 3.42. The summed E-state index contributed by atoms with van der Waals surface area (Å²) < 4.78 is 1.45. The summed E-state index contributed by atoms with van der Waals surface area (Å²) in [5.41, 5.74) is 0.979. The Hall–Kier alpha value is -2.33. The molecule has 0 unspecified atom stereocenters. The van der Waals surface area contributed by atoms with Gasteiger partial charge in [0.2, 0.25) is 0 Å². The SMILES string of the molecule is Cc1nc2ccccc2c(=O)n1-c1ccc(O)cc1Cl. The first-order valence-corrected chi connectivity index (χ1v) is 6.43. The predicted molar refractivity (Wildman–Crippen MR) is 78.8 cm³/mol. The lowest BCUT2D eigenvalue weighted by molar-refractivity contribution is 0.475. The molecule has 0 aliphatic rings. The molecular formula is C15H11ClN2O2. The van der Waals surface area contributed by atoms with Crippen molar-refractivity contribution in [2.75, 3.05) is 0 Å². The van der Waals surface area contributed by atoms with Crippen molar-refractivity contribution in [3.63, 3.8) is 0 Å².